The number of hydrogen-bond acceptors (Lipinski definition) is 11. The molecule has 0 saturated carbocycles. The van der Waals surface area contributed by atoms with Crippen LogP contribution in [0, 0.1) is 11.8 Å². The number of nitrogens with one attached hydrogen (secondary N) is 1. The molecule has 0 spiro atoms. The molecule has 2 heterocycles. The molecule has 1 saturated heterocycles. The molecule has 0 amide bonds. The molecule has 1 aliphatic heterocycles. The number of carbonyl (C=O) groups excluding carboxylic acids is 2. The van der Waals surface area contributed by atoms with Crippen LogP contribution in [0.3, 0.4) is 0 Å². The van der Waals surface area contributed by atoms with Crippen molar-refractivity contribution in [2.24, 2.45) is 11.8 Å². The molecule has 3 aliphatic carbocycles. The molecule has 5 atom stereocenters. The maximum Gasteiger partial charge on any atom is 0.265 e. The van der Waals surface area contributed by atoms with E-state index in [-0.39, 0.29) is 52.9 Å². The van der Waals surface area contributed by atoms with Crippen LogP contribution >= 0.6 is 0 Å². The fourth-order valence-electron chi connectivity index (χ4n) is 9.88. The Morgan fingerprint density at radius 3 is 2.28 bits per heavy atom. The summed E-state index contributed by atoms with van der Waals surface area (Å²) in [7, 11) is -1.22. The predicted octanol–water partition coefficient (Wildman–Crippen LogP) is 9.88. The standard InChI is InChI=1S/C49H61N3O8Si/c1-9-23-50-41-35-26-32-25-34-39(37(57-28-30-18-13-11-14-19-30)27-33(43(34)56-6)36-22-17-24-52(36)10-2)42(53)38(32)45(54)49(35,60-61(7,8)48(3,4)5)46(55)40-44(41)59-51-47(40)58-29-31-20-15-12-16-21-31/h11-16,18-21,27,32,35-36,41,50,54H,9-10,17,22-26,28-29H2,1-8H3/t32-,35-,36-,41-,49?/m0/s1. The van der Waals surface area contributed by atoms with Crippen molar-refractivity contribution in [3.05, 3.63) is 117 Å². The third-order valence-corrected chi connectivity index (χ3v) is 18.4. The summed E-state index contributed by atoms with van der Waals surface area (Å²) in [5, 5.41) is 20.9. The van der Waals surface area contributed by atoms with Gasteiger partial charge in [0.2, 0.25) is 5.78 Å². The Bertz CT molecular complexity index is 2300. The van der Waals surface area contributed by atoms with Gasteiger partial charge in [0.05, 0.1) is 18.7 Å². The van der Waals surface area contributed by atoms with Crippen LogP contribution in [0.1, 0.15) is 121 Å². The van der Waals surface area contributed by atoms with Gasteiger partial charge in [-0.3, -0.25) is 14.5 Å². The van der Waals surface area contributed by atoms with E-state index >= 15 is 9.59 Å². The number of methoxy groups -OCH3 is 1. The van der Waals surface area contributed by atoms with Gasteiger partial charge in [-0.05, 0) is 98.1 Å². The molecule has 324 valence electrons. The second-order valence-electron chi connectivity index (χ2n) is 18.6. The van der Waals surface area contributed by atoms with Crippen LogP contribution in [0.2, 0.25) is 18.1 Å². The van der Waals surface area contributed by atoms with E-state index in [1.807, 2.05) is 66.7 Å². The topological polar surface area (TPSA) is 133 Å². The van der Waals surface area contributed by atoms with E-state index in [2.05, 4.69) is 63.1 Å². The van der Waals surface area contributed by atoms with E-state index in [0.29, 0.717) is 42.2 Å². The third-order valence-electron chi connectivity index (χ3n) is 13.9. The average Bonchev–Trinajstić information content (AvgIpc) is 3.90. The van der Waals surface area contributed by atoms with Crippen LogP contribution in [-0.2, 0) is 24.1 Å². The number of allylic oxidation sites excluding steroid dienone is 1. The number of nitrogens with zero attached hydrogens (tertiary/aromatic N) is 2. The Labute approximate surface area is 360 Å². The minimum Gasteiger partial charge on any atom is -0.508 e. The normalized spacial score (nSPS) is 23.9. The molecule has 0 bridgehead atoms. The summed E-state index contributed by atoms with van der Waals surface area (Å²) in [6.07, 6.45) is 3.57. The van der Waals surface area contributed by atoms with Crippen molar-refractivity contribution in [1.82, 2.24) is 15.4 Å². The van der Waals surface area contributed by atoms with Crippen molar-refractivity contribution in [2.75, 3.05) is 26.7 Å². The summed E-state index contributed by atoms with van der Waals surface area (Å²) >= 11 is 0. The first-order valence-electron chi connectivity index (χ1n) is 22.0. The van der Waals surface area contributed by atoms with Crippen LogP contribution in [0.4, 0.5) is 0 Å². The van der Waals surface area contributed by atoms with Crippen molar-refractivity contribution in [3.8, 4) is 17.4 Å². The number of fused-ring (bicyclic) bond motifs is 4. The highest BCUT2D eigenvalue weighted by atomic mass is 28.4. The Kier molecular flexibility index (Phi) is 11.9. The first kappa shape index (κ1) is 42.9. The van der Waals surface area contributed by atoms with E-state index in [0.717, 1.165) is 54.6 Å². The lowest BCUT2D eigenvalue weighted by atomic mass is 9.58. The fourth-order valence-corrected chi connectivity index (χ4v) is 11.3. The van der Waals surface area contributed by atoms with Gasteiger partial charge in [-0.2, -0.15) is 0 Å². The predicted molar refractivity (Wildman–Crippen MR) is 236 cm³/mol. The average molecular weight is 848 g/mol. The van der Waals surface area contributed by atoms with E-state index < -0.39 is 37.6 Å². The molecular formula is C49H61N3O8Si. The van der Waals surface area contributed by atoms with E-state index in [1.165, 1.54) is 0 Å². The molecule has 4 aromatic rings. The zero-order valence-corrected chi connectivity index (χ0v) is 37.9. The Morgan fingerprint density at radius 2 is 1.66 bits per heavy atom. The second kappa shape index (κ2) is 16.8. The molecule has 1 fully saturated rings. The zero-order chi connectivity index (χ0) is 43.3. The number of aromatic nitrogens is 1. The van der Waals surface area contributed by atoms with Crippen LogP contribution in [-0.4, -0.2) is 67.4 Å². The Hall–Kier alpha value is -4.75. The summed E-state index contributed by atoms with van der Waals surface area (Å²) in [4.78, 5) is 33.8. The maximum atomic E-state index is 15.7. The summed E-state index contributed by atoms with van der Waals surface area (Å²) < 4.78 is 32.7. The smallest absolute Gasteiger partial charge is 0.265 e. The van der Waals surface area contributed by atoms with Crippen molar-refractivity contribution < 1.29 is 37.9 Å². The number of Topliss-reactive ketones (excluding diaryl/α,β-unsaturated/α-hetero) is 2. The van der Waals surface area contributed by atoms with Crippen LogP contribution in [0.25, 0.3) is 0 Å². The van der Waals surface area contributed by atoms with Gasteiger partial charge in [-0.25, -0.2) is 0 Å². The minimum absolute atomic E-state index is 0.0333. The summed E-state index contributed by atoms with van der Waals surface area (Å²) in [5.41, 5.74) is 2.37. The van der Waals surface area contributed by atoms with Crippen molar-refractivity contribution in [1.29, 1.82) is 0 Å². The second-order valence-corrected chi connectivity index (χ2v) is 23.3. The summed E-state index contributed by atoms with van der Waals surface area (Å²) in [5.74, 6) is -0.821. The van der Waals surface area contributed by atoms with Crippen molar-refractivity contribution >= 4 is 19.9 Å². The summed E-state index contributed by atoms with van der Waals surface area (Å²) in [6.45, 7) is 17.6. The summed E-state index contributed by atoms with van der Waals surface area (Å²) in [6, 6.07) is 21.0. The van der Waals surface area contributed by atoms with Gasteiger partial charge in [0.15, 0.2) is 25.5 Å². The van der Waals surface area contributed by atoms with Gasteiger partial charge in [0, 0.05) is 28.7 Å². The number of ketones is 2. The molecule has 1 aromatic heterocycles. The maximum absolute atomic E-state index is 15.7. The quantitative estimate of drug-likeness (QED) is 0.118. The van der Waals surface area contributed by atoms with Gasteiger partial charge in [-0.15, -0.1) is 0 Å². The molecule has 1 unspecified atom stereocenters. The van der Waals surface area contributed by atoms with Crippen LogP contribution in [0.5, 0.6) is 17.4 Å². The fraction of sp³-hybridized carbons (Fsp3) is 0.490. The van der Waals surface area contributed by atoms with Crippen LogP contribution < -0.4 is 19.5 Å². The minimum atomic E-state index is -2.90. The molecule has 61 heavy (non-hydrogen) atoms. The van der Waals surface area contributed by atoms with Gasteiger partial charge < -0.3 is 33.6 Å². The van der Waals surface area contributed by atoms with Gasteiger partial charge >= 0.3 is 0 Å². The van der Waals surface area contributed by atoms with E-state index in [9.17, 15) is 5.11 Å². The lowest BCUT2D eigenvalue weighted by Gasteiger charge is -2.54. The van der Waals surface area contributed by atoms with Gasteiger partial charge in [0.1, 0.15) is 36.0 Å². The number of aliphatic hydroxyl groups excluding tert-OH is 1. The van der Waals surface area contributed by atoms with Gasteiger partial charge in [-0.1, -0.05) is 95.3 Å². The van der Waals surface area contributed by atoms with Gasteiger partial charge in [0.25, 0.3) is 5.88 Å². The lowest BCUT2D eigenvalue weighted by Crippen LogP contribution is -2.65. The monoisotopic (exact) mass is 847 g/mol. The highest BCUT2D eigenvalue weighted by Gasteiger charge is 2.67. The molecule has 2 N–H and O–H groups in total. The van der Waals surface area contributed by atoms with Crippen molar-refractivity contribution in [2.45, 2.75) is 116 Å². The number of rotatable bonds is 14. The number of hydrogen-bond donors (Lipinski definition) is 2. The zero-order valence-electron chi connectivity index (χ0n) is 36.9. The molecule has 0 radical (unpaired) electrons. The first-order valence-corrected chi connectivity index (χ1v) is 24.9. The van der Waals surface area contributed by atoms with E-state index in [1.54, 1.807) is 7.11 Å². The number of likely N-dealkylation sites (tertiary alicyclic amines) is 1. The number of carbonyl (C=O) groups is 2. The number of benzene rings is 3. The molecule has 12 heteroatoms. The molecule has 8 rings (SSSR count). The highest BCUT2D eigenvalue weighted by molar-refractivity contribution is 6.74. The first-order chi connectivity index (χ1) is 29.2. The molecule has 3 aromatic carbocycles. The highest BCUT2D eigenvalue weighted by Crippen LogP contribution is 2.60. The molecule has 11 nitrogen and oxygen atoms in total. The Morgan fingerprint density at radius 1 is 0.984 bits per heavy atom. The largest absolute Gasteiger partial charge is 0.508 e. The van der Waals surface area contributed by atoms with Crippen LogP contribution in [0.15, 0.2) is 82.6 Å². The Balaban J connectivity index is 1.32. The third kappa shape index (κ3) is 7.42. The van der Waals surface area contributed by atoms with Crippen molar-refractivity contribution in [3.63, 3.8) is 0 Å². The molecular weight excluding hydrogens is 787 g/mol. The number of aliphatic hydroxyl groups is 1. The SMILES string of the molecule is CCCN[C@@H]1c2onc(OCc3ccccc3)c2C(=O)C2(O[Si](C)(C)C(C)(C)C)C(O)=C3C(=O)c4c(OCc5ccccc5)cc([C@@H]5CCCN5CC)c(OC)c4C[C@H]3C[C@@H]12. The lowest BCUT2D eigenvalue weighted by molar-refractivity contribution is -0.0323. The van der Waals surface area contributed by atoms with E-state index in [4.69, 9.17) is 23.2 Å². The number of ether oxygens (including phenoxy) is 3. The molecule has 4 aliphatic rings.